The second kappa shape index (κ2) is 6.84. The van der Waals surface area contributed by atoms with Crippen molar-refractivity contribution < 1.29 is 18.0 Å². The number of carbonyl (C=O) groups is 2. The number of anilines is 1. The van der Waals surface area contributed by atoms with Crippen LogP contribution in [-0.4, -0.2) is 49.2 Å². The van der Waals surface area contributed by atoms with Crippen molar-refractivity contribution >= 4 is 38.1 Å². The zero-order valence-electron chi connectivity index (χ0n) is 13.9. The van der Waals surface area contributed by atoms with Crippen molar-refractivity contribution in [3.8, 4) is 0 Å². The lowest BCUT2D eigenvalue weighted by atomic mass is 10.1. The molecule has 7 heteroatoms. The minimum Gasteiger partial charge on any atom is -0.331 e. The van der Waals surface area contributed by atoms with Crippen LogP contribution in [-0.2, 0) is 19.4 Å². The van der Waals surface area contributed by atoms with Gasteiger partial charge < -0.3 is 10.2 Å². The lowest BCUT2D eigenvalue weighted by Gasteiger charge is -2.26. The minimum absolute atomic E-state index is 0.0619. The summed E-state index contributed by atoms with van der Waals surface area (Å²) in [6.07, 6.45) is 0.378. The van der Waals surface area contributed by atoms with Gasteiger partial charge in [-0.05, 0) is 24.8 Å². The molecule has 1 saturated heterocycles. The third-order valence-electron chi connectivity index (χ3n) is 4.48. The highest BCUT2D eigenvalue weighted by molar-refractivity contribution is 7.91. The molecular formula is C18H20N2O4S. The molecule has 132 valence electrons. The smallest absolute Gasteiger partial charge is 0.313 e. The van der Waals surface area contributed by atoms with Gasteiger partial charge in [0.05, 0.1) is 11.5 Å². The standard InChI is InChI=1S/C18H20N2O4S/c1-2-20(14-10-11-25(23,24)12-14)18(22)17(21)19-16-9-5-7-13-6-3-4-8-15(13)16/h3-9,14H,2,10-12H2,1H3,(H,19,21). The molecule has 2 aromatic carbocycles. The number of rotatable bonds is 3. The molecule has 1 heterocycles. The molecule has 0 bridgehead atoms. The summed E-state index contributed by atoms with van der Waals surface area (Å²) in [6.45, 7) is 2.04. The Morgan fingerprint density at radius 2 is 1.88 bits per heavy atom. The van der Waals surface area contributed by atoms with Crippen molar-refractivity contribution in [2.45, 2.75) is 19.4 Å². The van der Waals surface area contributed by atoms with Gasteiger partial charge in [0.15, 0.2) is 9.84 Å². The van der Waals surface area contributed by atoms with Gasteiger partial charge in [0.1, 0.15) is 0 Å². The van der Waals surface area contributed by atoms with Gasteiger partial charge in [0, 0.05) is 23.7 Å². The molecule has 1 aliphatic rings. The number of nitrogens with zero attached hydrogens (tertiary/aromatic N) is 1. The van der Waals surface area contributed by atoms with Crippen molar-refractivity contribution in [1.82, 2.24) is 4.90 Å². The second-order valence-corrected chi connectivity index (χ2v) is 8.36. The number of hydrogen-bond acceptors (Lipinski definition) is 4. The van der Waals surface area contributed by atoms with E-state index in [9.17, 15) is 18.0 Å². The number of hydrogen-bond donors (Lipinski definition) is 1. The van der Waals surface area contributed by atoms with Crippen LogP contribution in [0.25, 0.3) is 10.8 Å². The van der Waals surface area contributed by atoms with Crippen molar-refractivity contribution in [3.63, 3.8) is 0 Å². The quantitative estimate of drug-likeness (QED) is 0.846. The highest BCUT2D eigenvalue weighted by Crippen LogP contribution is 2.23. The van der Waals surface area contributed by atoms with Gasteiger partial charge in [-0.1, -0.05) is 36.4 Å². The monoisotopic (exact) mass is 360 g/mol. The summed E-state index contributed by atoms with van der Waals surface area (Å²) in [7, 11) is -3.12. The van der Waals surface area contributed by atoms with Crippen molar-refractivity contribution in [2.24, 2.45) is 0 Å². The van der Waals surface area contributed by atoms with Crippen molar-refractivity contribution in [3.05, 3.63) is 42.5 Å². The Balaban J connectivity index is 1.78. The second-order valence-electron chi connectivity index (χ2n) is 6.13. The number of likely N-dealkylation sites (N-methyl/N-ethyl adjacent to an activating group) is 1. The maximum Gasteiger partial charge on any atom is 0.313 e. The maximum atomic E-state index is 12.5. The van der Waals surface area contributed by atoms with Crippen LogP contribution in [0.15, 0.2) is 42.5 Å². The number of nitrogens with one attached hydrogen (secondary N) is 1. The number of carbonyl (C=O) groups excluding carboxylic acids is 2. The maximum absolute atomic E-state index is 12.5. The summed E-state index contributed by atoms with van der Waals surface area (Å²) in [5, 5.41) is 4.47. The van der Waals surface area contributed by atoms with Gasteiger partial charge in [-0.25, -0.2) is 8.42 Å². The molecule has 3 rings (SSSR count). The van der Waals surface area contributed by atoms with E-state index in [0.717, 1.165) is 10.8 Å². The molecule has 0 saturated carbocycles. The third kappa shape index (κ3) is 3.66. The van der Waals surface area contributed by atoms with E-state index in [-0.39, 0.29) is 11.5 Å². The van der Waals surface area contributed by atoms with Gasteiger partial charge in [-0.3, -0.25) is 9.59 Å². The molecule has 2 amide bonds. The predicted octanol–water partition coefficient (Wildman–Crippen LogP) is 1.81. The van der Waals surface area contributed by atoms with Gasteiger partial charge in [-0.15, -0.1) is 0 Å². The average Bonchev–Trinajstić information content (AvgIpc) is 2.95. The van der Waals surface area contributed by atoms with Gasteiger partial charge in [-0.2, -0.15) is 0 Å². The molecule has 0 aliphatic carbocycles. The van der Waals surface area contributed by atoms with E-state index in [0.29, 0.717) is 18.7 Å². The van der Waals surface area contributed by atoms with E-state index < -0.39 is 27.7 Å². The molecule has 25 heavy (non-hydrogen) atoms. The summed E-state index contributed by atoms with van der Waals surface area (Å²) >= 11 is 0. The predicted molar refractivity (Wildman–Crippen MR) is 97.0 cm³/mol. The first-order chi connectivity index (χ1) is 11.9. The topological polar surface area (TPSA) is 83.6 Å². The van der Waals surface area contributed by atoms with E-state index in [1.807, 2.05) is 36.4 Å². The summed E-state index contributed by atoms with van der Waals surface area (Å²) in [4.78, 5) is 26.3. The molecule has 1 atom stereocenters. The summed E-state index contributed by atoms with van der Waals surface area (Å²) in [6, 6.07) is 12.6. The lowest BCUT2D eigenvalue weighted by molar-refractivity contribution is -0.144. The van der Waals surface area contributed by atoms with E-state index >= 15 is 0 Å². The van der Waals surface area contributed by atoms with Crippen LogP contribution in [0.2, 0.25) is 0 Å². The molecule has 1 N–H and O–H groups in total. The Kier molecular flexibility index (Phi) is 4.76. The van der Waals surface area contributed by atoms with E-state index in [1.54, 1.807) is 13.0 Å². The van der Waals surface area contributed by atoms with E-state index in [2.05, 4.69) is 5.32 Å². The number of benzene rings is 2. The van der Waals surface area contributed by atoms with Gasteiger partial charge in [0.2, 0.25) is 0 Å². The van der Waals surface area contributed by atoms with Crippen molar-refractivity contribution in [2.75, 3.05) is 23.4 Å². The molecular weight excluding hydrogens is 340 g/mol. The molecule has 0 radical (unpaired) electrons. The first-order valence-corrected chi connectivity index (χ1v) is 10.0. The van der Waals surface area contributed by atoms with Crippen LogP contribution in [0, 0.1) is 0 Å². The molecule has 0 aromatic heterocycles. The number of fused-ring (bicyclic) bond motifs is 1. The van der Waals surface area contributed by atoms with Crippen LogP contribution >= 0.6 is 0 Å². The fraction of sp³-hybridized carbons (Fsp3) is 0.333. The van der Waals surface area contributed by atoms with Crippen LogP contribution in [0.1, 0.15) is 13.3 Å². The SMILES string of the molecule is CCN(C(=O)C(=O)Nc1cccc2ccccc12)C1CCS(=O)(=O)C1. The van der Waals surface area contributed by atoms with E-state index in [4.69, 9.17) is 0 Å². The van der Waals surface area contributed by atoms with Crippen LogP contribution < -0.4 is 5.32 Å². The number of amides is 2. The van der Waals surface area contributed by atoms with Crippen LogP contribution in [0.3, 0.4) is 0 Å². The highest BCUT2D eigenvalue weighted by atomic mass is 32.2. The van der Waals surface area contributed by atoms with Crippen LogP contribution in [0.4, 0.5) is 5.69 Å². The van der Waals surface area contributed by atoms with Gasteiger partial charge in [0.25, 0.3) is 0 Å². The minimum atomic E-state index is -3.12. The molecule has 6 nitrogen and oxygen atoms in total. The molecule has 1 aliphatic heterocycles. The summed E-state index contributed by atoms with van der Waals surface area (Å²) in [5.74, 6) is -1.46. The molecule has 1 fully saturated rings. The fourth-order valence-corrected chi connectivity index (χ4v) is 4.96. The molecule has 2 aromatic rings. The zero-order valence-corrected chi connectivity index (χ0v) is 14.8. The first-order valence-electron chi connectivity index (χ1n) is 8.21. The Bertz CT molecular complexity index is 918. The Morgan fingerprint density at radius 3 is 2.56 bits per heavy atom. The Hall–Kier alpha value is -2.41. The van der Waals surface area contributed by atoms with Gasteiger partial charge >= 0.3 is 11.8 Å². The average molecular weight is 360 g/mol. The van der Waals surface area contributed by atoms with Crippen molar-refractivity contribution in [1.29, 1.82) is 0 Å². The highest BCUT2D eigenvalue weighted by Gasteiger charge is 2.36. The first kappa shape index (κ1) is 17.4. The fourth-order valence-electron chi connectivity index (χ4n) is 3.23. The summed E-state index contributed by atoms with van der Waals surface area (Å²) < 4.78 is 23.3. The third-order valence-corrected chi connectivity index (χ3v) is 6.23. The lowest BCUT2D eigenvalue weighted by Crippen LogP contribution is -2.46. The Labute approximate surface area is 146 Å². The molecule has 1 unspecified atom stereocenters. The normalized spacial score (nSPS) is 18.8. The number of sulfone groups is 1. The molecule has 0 spiro atoms. The Morgan fingerprint density at radius 1 is 1.16 bits per heavy atom. The summed E-state index contributed by atoms with van der Waals surface area (Å²) in [5.41, 5.74) is 0.562. The largest absolute Gasteiger partial charge is 0.331 e. The van der Waals surface area contributed by atoms with E-state index in [1.165, 1.54) is 4.90 Å². The van der Waals surface area contributed by atoms with Crippen LogP contribution in [0.5, 0.6) is 0 Å². The zero-order chi connectivity index (χ0) is 18.0.